The lowest BCUT2D eigenvalue weighted by Gasteiger charge is -2.37. The average molecular weight is 859 g/mol. The second-order valence-corrected chi connectivity index (χ2v) is 19.3. The van der Waals surface area contributed by atoms with Gasteiger partial charge in [-0.15, -0.1) is 0 Å². The van der Waals surface area contributed by atoms with E-state index in [0.717, 1.165) is 45.6 Å². The number of rotatable bonds is 46. The van der Waals surface area contributed by atoms with Gasteiger partial charge in [-0.25, -0.2) is 0 Å². The average Bonchev–Trinajstić information content (AvgIpc) is 3.27. The highest BCUT2D eigenvalue weighted by molar-refractivity contribution is 5.80. The molecule has 0 atom stereocenters. The fourth-order valence-electron chi connectivity index (χ4n) is 9.22. The first-order chi connectivity index (χ1) is 30.0. The number of hydrogen-bond acceptors (Lipinski definition) is 5. The molecule has 361 valence electrons. The molecule has 1 fully saturated rings. The minimum Gasteiger partial charge on any atom is -0.338 e. The third-order valence-corrected chi connectivity index (χ3v) is 13.5. The molecule has 0 saturated carbocycles. The number of carbonyl (C=O) groups excluding carboxylic acids is 2. The maximum absolute atomic E-state index is 13.9. The van der Waals surface area contributed by atoms with Crippen LogP contribution in [-0.2, 0) is 9.59 Å². The van der Waals surface area contributed by atoms with Gasteiger partial charge in [-0.3, -0.25) is 19.4 Å². The van der Waals surface area contributed by atoms with Crippen molar-refractivity contribution in [2.45, 2.75) is 246 Å². The predicted molar refractivity (Wildman–Crippen MR) is 268 cm³/mol. The first-order valence-electron chi connectivity index (χ1n) is 27.5. The van der Waals surface area contributed by atoms with Crippen molar-refractivity contribution in [2.24, 2.45) is 0 Å². The van der Waals surface area contributed by atoms with Gasteiger partial charge in [-0.05, 0) is 64.8 Å². The van der Waals surface area contributed by atoms with Gasteiger partial charge in [-0.2, -0.15) is 0 Å². The van der Waals surface area contributed by atoms with Crippen LogP contribution in [0.5, 0.6) is 0 Å². The third-order valence-electron chi connectivity index (χ3n) is 13.5. The summed E-state index contributed by atoms with van der Waals surface area (Å²) in [4.78, 5) is 39.0. The van der Waals surface area contributed by atoms with Crippen molar-refractivity contribution in [3.05, 3.63) is 6.92 Å². The fourth-order valence-corrected chi connectivity index (χ4v) is 9.22. The summed E-state index contributed by atoms with van der Waals surface area (Å²) in [6, 6.07) is 0. The zero-order valence-corrected chi connectivity index (χ0v) is 42.0. The van der Waals surface area contributed by atoms with Gasteiger partial charge in [0.2, 0.25) is 11.8 Å². The topological polar surface area (TPSA) is 50.3 Å². The van der Waals surface area contributed by atoms with Gasteiger partial charge < -0.3 is 14.7 Å². The van der Waals surface area contributed by atoms with Crippen LogP contribution in [0.1, 0.15) is 246 Å². The summed E-state index contributed by atoms with van der Waals surface area (Å²) in [6.07, 6.45) is 45.1. The Morgan fingerprint density at radius 2 is 0.557 bits per heavy atom. The first-order valence-corrected chi connectivity index (χ1v) is 27.5. The number of hydrogen-bond donors (Lipinski definition) is 0. The van der Waals surface area contributed by atoms with E-state index in [4.69, 9.17) is 0 Å². The van der Waals surface area contributed by atoms with Gasteiger partial charge in [0.1, 0.15) is 0 Å². The van der Waals surface area contributed by atoms with Crippen LogP contribution < -0.4 is 0 Å². The molecule has 0 aromatic carbocycles. The molecule has 61 heavy (non-hydrogen) atoms. The lowest BCUT2D eigenvalue weighted by molar-refractivity contribution is -0.140. The van der Waals surface area contributed by atoms with E-state index in [9.17, 15) is 9.59 Å². The smallest absolute Gasteiger partial charge is 0.236 e. The molecule has 7 heteroatoms. The van der Waals surface area contributed by atoms with Gasteiger partial charge in [0.15, 0.2) is 0 Å². The Morgan fingerprint density at radius 3 is 0.836 bits per heavy atom. The summed E-state index contributed by atoms with van der Waals surface area (Å²) < 4.78 is 0. The van der Waals surface area contributed by atoms with Crippen LogP contribution in [-0.4, -0.2) is 121 Å². The molecule has 1 saturated heterocycles. The Morgan fingerprint density at radius 1 is 0.328 bits per heavy atom. The molecule has 7 nitrogen and oxygen atoms in total. The quantitative estimate of drug-likeness (QED) is 0.0571. The third kappa shape index (κ3) is 34.8. The summed E-state index contributed by atoms with van der Waals surface area (Å²) in [6.45, 7) is 24.3. The second-order valence-electron chi connectivity index (χ2n) is 19.3. The summed E-state index contributed by atoms with van der Waals surface area (Å²) in [7, 11) is 0. The monoisotopic (exact) mass is 859 g/mol. The van der Waals surface area contributed by atoms with Gasteiger partial charge in [0.25, 0.3) is 0 Å². The van der Waals surface area contributed by atoms with Crippen LogP contribution in [0.15, 0.2) is 0 Å². The van der Waals surface area contributed by atoms with Crippen LogP contribution in [0.25, 0.3) is 0 Å². The van der Waals surface area contributed by atoms with E-state index in [1.807, 2.05) is 4.90 Å². The van der Waals surface area contributed by atoms with Crippen LogP contribution in [0.4, 0.5) is 0 Å². The summed E-state index contributed by atoms with van der Waals surface area (Å²) in [5.41, 5.74) is 0. The Hall–Kier alpha value is -1.18. The maximum atomic E-state index is 13.9. The van der Waals surface area contributed by atoms with E-state index >= 15 is 0 Å². The molecule has 0 N–H and O–H groups in total. The highest BCUT2D eigenvalue weighted by atomic mass is 16.2. The normalized spacial score (nSPS) is 13.4. The van der Waals surface area contributed by atoms with E-state index in [1.165, 1.54) is 219 Å². The van der Waals surface area contributed by atoms with Crippen molar-refractivity contribution < 1.29 is 9.59 Å². The Kier molecular flexibility index (Phi) is 41.8. The van der Waals surface area contributed by atoms with Crippen molar-refractivity contribution in [1.82, 2.24) is 24.5 Å². The Labute approximate surface area is 382 Å². The number of nitrogens with zero attached hydrogens (tertiary/aromatic N) is 5. The molecular formula is C54H108N5O2. The highest BCUT2D eigenvalue weighted by Crippen LogP contribution is 2.15. The molecule has 1 radical (unpaired) electrons. The van der Waals surface area contributed by atoms with Gasteiger partial charge in [0, 0.05) is 39.3 Å². The minimum atomic E-state index is 0.224. The molecule has 1 aliphatic heterocycles. The van der Waals surface area contributed by atoms with E-state index in [2.05, 4.69) is 54.2 Å². The zero-order chi connectivity index (χ0) is 44.3. The highest BCUT2D eigenvalue weighted by Gasteiger charge is 2.26. The number of carbonyl (C=O) groups is 2. The number of piperazine rings is 1. The molecule has 1 aliphatic rings. The zero-order valence-electron chi connectivity index (χ0n) is 42.0. The molecule has 0 bridgehead atoms. The lowest BCUT2D eigenvalue weighted by atomic mass is 10.1. The molecule has 0 spiro atoms. The Bertz CT molecular complexity index is 922. The largest absolute Gasteiger partial charge is 0.338 e. The van der Waals surface area contributed by atoms with Crippen molar-refractivity contribution >= 4 is 11.8 Å². The van der Waals surface area contributed by atoms with Crippen LogP contribution in [0.3, 0.4) is 0 Å². The van der Waals surface area contributed by atoms with Gasteiger partial charge in [-0.1, -0.05) is 221 Å². The molecular weight excluding hydrogens is 751 g/mol. The van der Waals surface area contributed by atoms with Gasteiger partial charge >= 0.3 is 0 Å². The van der Waals surface area contributed by atoms with Gasteiger partial charge in [0.05, 0.1) is 13.1 Å². The number of amides is 2. The molecule has 0 aliphatic carbocycles. The first kappa shape index (κ1) is 57.8. The van der Waals surface area contributed by atoms with Crippen LogP contribution >= 0.6 is 0 Å². The van der Waals surface area contributed by atoms with Crippen LogP contribution in [0, 0.1) is 6.92 Å². The SMILES string of the molecule is [CH2]CCN(CCCCCCCCCCCCCC)CC(=O)N1CCN(C(=O)CN(CCCCCCCCC)CCN(CCCCCCCCC)CCCCCCCCC)CC1. The minimum absolute atomic E-state index is 0.224. The standard InChI is InChI=1S/C54H108N5O2/c1-6-11-15-19-23-24-25-26-27-31-35-38-43-56(40-10-5)51-53(60)58-47-49-59(50-48-58)54(61)52-57(44-39-34-30-22-18-14-9-4)46-45-55(41-36-32-28-20-16-12-7-2)42-37-33-29-21-17-13-8-3/h5-52H2,1-4H3. The van der Waals surface area contributed by atoms with E-state index in [1.54, 1.807) is 0 Å². The summed E-state index contributed by atoms with van der Waals surface area (Å²) in [5, 5.41) is 0. The van der Waals surface area contributed by atoms with Crippen molar-refractivity contribution in [3.8, 4) is 0 Å². The van der Waals surface area contributed by atoms with Crippen molar-refractivity contribution in [3.63, 3.8) is 0 Å². The molecule has 2 amide bonds. The molecule has 0 unspecified atom stereocenters. The second kappa shape index (κ2) is 44.0. The molecule has 1 rings (SSSR count). The molecule has 0 aromatic rings. The summed E-state index contributed by atoms with van der Waals surface area (Å²) in [5.74, 6) is 0.480. The molecule has 0 aromatic heterocycles. The predicted octanol–water partition coefficient (Wildman–Crippen LogP) is 13.7. The maximum Gasteiger partial charge on any atom is 0.236 e. The van der Waals surface area contributed by atoms with Crippen molar-refractivity contribution in [2.75, 3.05) is 85.1 Å². The molecule has 1 heterocycles. The summed E-state index contributed by atoms with van der Waals surface area (Å²) >= 11 is 0. The van der Waals surface area contributed by atoms with Crippen molar-refractivity contribution in [1.29, 1.82) is 0 Å². The Balaban J connectivity index is 2.62. The fraction of sp³-hybridized carbons (Fsp3) is 0.944. The number of unbranched alkanes of at least 4 members (excludes halogenated alkanes) is 29. The van der Waals surface area contributed by atoms with E-state index in [-0.39, 0.29) is 11.8 Å². The lowest BCUT2D eigenvalue weighted by Crippen LogP contribution is -2.54. The van der Waals surface area contributed by atoms with E-state index in [0.29, 0.717) is 39.3 Å². The van der Waals surface area contributed by atoms with E-state index < -0.39 is 0 Å². The van der Waals surface area contributed by atoms with Crippen LogP contribution in [0.2, 0.25) is 0 Å².